The van der Waals surface area contributed by atoms with E-state index in [2.05, 4.69) is 12.1 Å². The van der Waals surface area contributed by atoms with Crippen LogP contribution < -0.4 is 4.74 Å². The van der Waals surface area contributed by atoms with Crippen molar-refractivity contribution in [2.45, 2.75) is 32.6 Å². The molecule has 0 bridgehead atoms. The zero-order valence-electron chi connectivity index (χ0n) is 12.6. The Morgan fingerprint density at radius 2 is 2.00 bits per heavy atom. The number of carbonyl (C=O) groups excluding carboxylic acids is 1. The van der Waals surface area contributed by atoms with Gasteiger partial charge in [-0.15, -0.1) is 0 Å². The van der Waals surface area contributed by atoms with Gasteiger partial charge in [-0.3, -0.25) is 4.79 Å². The van der Waals surface area contributed by atoms with Crippen molar-refractivity contribution in [3.05, 3.63) is 64.7 Å². The standard InChI is InChI=1S/C19H20O2/c1-13-7-8-14(2)17(11-13)18(20)12-15-9-10-21-19-6-4-3-5-16(15)19/h3-8,11,15H,9-10,12H2,1-2H3. The minimum Gasteiger partial charge on any atom is -0.493 e. The topological polar surface area (TPSA) is 26.3 Å². The third kappa shape index (κ3) is 2.85. The van der Waals surface area contributed by atoms with E-state index in [9.17, 15) is 4.79 Å². The van der Waals surface area contributed by atoms with Crippen molar-refractivity contribution in [1.82, 2.24) is 0 Å². The van der Waals surface area contributed by atoms with Gasteiger partial charge in [-0.2, -0.15) is 0 Å². The number of benzene rings is 2. The van der Waals surface area contributed by atoms with Crippen molar-refractivity contribution in [2.24, 2.45) is 0 Å². The molecule has 0 aromatic heterocycles. The quantitative estimate of drug-likeness (QED) is 0.777. The van der Waals surface area contributed by atoms with Crippen LogP contribution in [0.25, 0.3) is 0 Å². The number of hydrogen-bond acceptors (Lipinski definition) is 2. The molecule has 0 fully saturated rings. The van der Waals surface area contributed by atoms with Crippen LogP contribution in [-0.2, 0) is 0 Å². The Balaban J connectivity index is 1.84. The number of hydrogen-bond donors (Lipinski definition) is 0. The molecule has 108 valence electrons. The van der Waals surface area contributed by atoms with Crippen LogP contribution in [0.5, 0.6) is 5.75 Å². The molecule has 2 heteroatoms. The van der Waals surface area contributed by atoms with E-state index < -0.39 is 0 Å². The average molecular weight is 280 g/mol. The van der Waals surface area contributed by atoms with E-state index in [4.69, 9.17) is 4.74 Å². The molecule has 0 N–H and O–H groups in total. The van der Waals surface area contributed by atoms with Crippen LogP contribution in [0.15, 0.2) is 42.5 Å². The van der Waals surface area contributed by atoms with Crippen LogP contribution in [0, 0.1) is 13.8 Å². The number of aryl methyl sites for hydroxylation is 2. The molecule has 2 nitrogen and oxygen atoms in total. The Labute approximate surface area is 125 Å². The van der Waals surface area contributed by atoms with Crippen LogP contribution in [-0.4, -0.2) is 12.4 Å². The molecular formula is C19H20O2. The van der Waals surface area contributed by atoms with E-state index in [0.717, 1.165) is 28.9 Å². The van der Waals surface area contributed by atoms with Gasteiger partial charge in [0.25, 0.3) is 0 Å². The molecule has 2 aromatic carbocycles. The maximum atomic E-state index is 12.7. The molecule has 0 saturated carbocycles. The average Bonchev–Trinajstić information content (AvgIpc) is 2.50. The maximum absolute atomic E-state index is 12.7. The first-order chi connectivity index (χ1) is 10.1. The Bertz CT molecular complexity index is 673. The van der Waals surface area contributed by atoms with Crippen molar-refractivity contribution in [2.75, 3.05) is 6.61 Å². The Morgan fingerprint density at radius 1 is 1.19 bits per heavy atom. The zero-order valence-corrected chi connectivity index (χ0v) is 12.6. The monoisotopic (exact) mass is 280 g/mol. The van der Waals surface area contributed by atoms with E-state index in [1.165, 1.54) is 5.56 Å². The van der Waals surface area contributed by atoms with Crippen molar-refractivity contribution >= 4 is 5.78 Å². The van der Waals surface area contributed by atoms with Gasteiger partial charge in [-0.1, -0.05) is 35.9 Å². The summed E-state index contributed by atoms with van der Waals surface area (Å²) in [6.07, 6.45) is 1.47. The summed E-state index contributed by atoms with van der Waals surface area (Å²) in [4.78, 5) is 12.7. The summed E-state index contributed by atoms with van der Waals surface area (Å²) >= 11 is 0. The van der Waals surface area contributed by atoms with E-state index in [-0.39, 0.29) is 11.7 Å². The van der Waals surface area contributed by atoms with Crippen LogP contribution >= 0.6 is 0 Å². The van der Waals surface area contributed by atoms with Gasteiger partial charge in [0.15, 0.2) is 5.78 Å². The lowest BCUT2D eigenvalue weighted by molar-refractivity contribution is 0.0965. The number of rotatable bonds is 3. The lowest BCUT2D eigenvalue weighted by atomic mass is 9.86. The lowest BCUT2D eigenvalue weighted by Crippen LogP contribution is -2.17. The minimum atomic E-state index is 0.234. The molecule has 0 amide bonds. The number of Topliss-reactive ketones (excluding diaryl/α,β-unsaturated/α-hetero) is 1. The lowest BCUT2D eigenvalue weighted by Gasteiger charge is -2.25. The van der Waals surface area contributed by atoms with Crippen LogP contribution in [0.1, 0.15) is 45.8 Å². The molecule has 0 radical (unpaired) electrons. The number of ketones is 1. The highest BCUT2D eigenvalue weighted by atomic mass is 16.5. The van der Waals surface area contributed by atoms with E-state index in [1.807, 2.05) is 44.2 Å². The van der Waals surface area contributed by atoms with Gasteiger partial charge in [0.05, 0.1) is 6.61 Å². The molecule has 1 atom stereocenters. The second-order valence-electron chi connectivity index (χ2n) is 5.82. The zero-order chi connectivity index (χ0) is 14.8. The summed E-state index contributed by atoms with van der Waals surface area (Å²) in [6, 6.07) is 14.1. The molecule has 0 aliphatic carbocycles. The van der Waals surface area contributed by atoms with E-state index in [1.54, 1.807) is 0 Å². The molecular weight excluding hydrogens is 260 g/mol. The summed E-state index contributed by atoms with van der Waals surface area (Å²) in [6.45, 7) is 4.73. The number of ether oxygens (including phenoxy) is 1. The van der Waals surface area contributed by atoms with Gasteiger partial charge in [0, 0.05) is 12.0 Å². The van der Waals surface area contributed by atoms with Crippen LogP contribution in [0.2, 0.25) is 0 Å². The minimum absolute atomic E-state index is 0.234. The van der Waals surface area contributed by atoms with Gasteiger partial charge in [0.1, 0.15) is 5.75 Å². The van der Waals surface area contributed by atoms with Crippen LogP contribution in [0.3, 0.4) is 0 Å². The van der Waals surface area contributed by atoms with Gasteiger partial charge in [-0.05, 0) is 49.4 Å². The van der Waals surface area contributed by atoms with Crippen LogP contribution in [0.4, 0.5) is 0 Å². The molecule has 21 heavy (non-hydrogen) atoms. The first kappa shape index (κ1) is 13.9. The SMILES string of the molecule is Cc1ccc(C)c(C(=O)CC2CCOc3ccccc32)c1. The predicted molar refractivity (Wildman–Crippen MR) is 84.2 cm³/mol. The van der Waals surface area contributed by atoms with Crippen molar-refractivity contribution in [1.29, 1.82) is 0 Å². The summed E-state index contributed by atoms with van der Waals surface area (Å²) in [5.74, 6) is 1.43. The predicted octanol–water partition coefficient (Wildman–Crippen LogP) is 4.44. The first-order valence-corrected chi connectivity index (χ1v) is 7.47. The summed E-state index contributed by atoms with van der Waals surface area (Å²) in [5.41, 5.74) is 4.23. The first-order valence-electron chi connectivity index (χ1n) is 7.47. The fourth-order valence-corrected chi connectivity index (χ4v) is 3.00. The fourth-order valence-electron chi connectivity index (χ4n) is 3.00. The molecule has 3 rings (SSSR count). The molecule has 0 spiro atoms. The Morgan fingerprint density at radius 3 is 2.86 bits per heavy atom. The van der Waals surface area contributed by atoms with Crippen molar-refractivity contribution < 1.29 is 9.53 Å². The van der Waals surface area contributed by atoms with Gasteiger partial charge >= 0.3 is 0 Å². The number of carbonyl (C=O) groups is 1. The maximum Gasteiger partial charge on any atom is 0.163 e. The van der Waals surface area contributed by atoms with Crippen molar-refractivity contribution in [3.8, 4) is 5.75 Å². The highest BCUT2D eigenvalue weighted by molar-refractivity contribution is 5.98. The Kier molecular flexibility index (Phi) is 3.78. The molecule has 1 unspecified atom stereocenters. The molecule has 2 aromatic rings. The molecule has 1 aliphatic rings. The smallest absolute Gasteiger partial charge is 0.163 e. The number of para-hydroxylation sites is 1. The molecule has 0 saturated heterocycles. The second-order valence-corrected chi connectivity index (χ2v) is 5.82. The van der Waals surface area contributed by atoms with E-state index in [0.29, 0.717) is 13.0 Å². The van der Waals surface area contributed by atoms with Gasteiger partial charge in [-0.25, -0.2) is 0 Å². The number of fused-ring (bicyclic) bond motifs is 1. The van der Waals surface area contributed by atoms with Crippen molar-refractivity contribution in [3.63, 3.8) is 0 Å². The third-order valence-electron chi connectivity index (χ3n) is 4.21. The third-order valence-corrected chi connectivity index (χ3v) is 4.21. The van der Waals surface area contributed by atoms with Gasteiger partial charge in [0.2, 0.25) is 0 Å². The largest absolute Gasteiger partial charge is 0.493 e. The van der Waals surface area contributed by atoms with Gasteiger partial charge < -0.3 is 4.74 Å². The summed E-state index contributed by atoms with van der Waals surface area (Å²) in [7, 11) is 0. The highest BCUT2D eigenvalue weighted by Gasteiger charge is 2.24. The van der Waals surface area contributed by atoms with E-state index >= 15 is 0 Å². The summed E-state index contributed by atoms with van der Waals surface area (Å²) in [5, 5.41) is 0. The summed E-state index contributed by atoms with van der Waals surface area (Å²) < 4.78 is 5.67. The molecule has 1 aliphatic heterocycles. The normalized spacial score (nSPS) is 17.0. The fraction of sp³-hybridized carbons (Fsp3) is 0.316. The highest BCUT2D eigenvalue weighted by Crippen LogP contribution is 2.36. The molecule has 1 heterocycles. The Hall–Kier alpha value is -2.09. The second kappa shape index (κ2) is 5.72.